The van der Waals surface area contributed by atoms with Crippen LogP contribution in [-0.2, 0) is 0 Å². The van der Waals surface area contributed by atoms with E-state index in [-0.39, 0.29) is 12.1 Å². The van der Waals surface area contributed by atoms with Crippen LogP contribution in [-0.4, -0.2) is 25.6 Å². The molecule has 2 atom stereocenters. The monoisotopic (exact) mass is 444 g/mol. The molecule has 0 radical (unpaired) electrons. The predicted octanol–water partition coefficient (Wildman–Crippen LogP) is 6.10. The highest BCUT2D eigenvalue weighted by Gasteiger charge is 2.44. The van der Waals surface area contributed by atoms with Crippen molar-refractivity contribution in [2.24, 2.45) is 0 Å². The molecule has 1 saturated heterocycles. The van der Waals surface area contributed by atoms with Crippen molar-refractivity contribution in [1.29, 1.82) is 0 Å². The van der Waals surface area contributed by atoms with Crippen LogP contribution >= 0.6 is 12.2 Å². The average Bonchev–Trinajstić information content (AvgIpc) is 3.30. The summed E-state index contributed by atoms with van der Waals surface area (Å²) in [4.78, 5) is 7.23. The van der Waals surface area contributed by atoms with Gasteiger partial charge in [0.2, 0.25) is 0 Å². The Hall–Kier alpha value is -2.66. The van der Waals surface area contributed by atoms with Gasteiger partial charge in [-0.1, -0.05) is 37.5 Å². The van der Waals surface area contributed by atoms with Gasteiger partial charge in [0.05, 0.1) is 17.8 Å². The van der Waals surface area contributed by atoms with Gasteiger partial charge in [-0.3, -0.25) is 4.98 Å². The zero-order chi connectivity index (χ0) is 22.2. The maximum atomic E-state index is 5.95. The Kier molecular flexibility index (Phi) is 5.76. The predicted molar refractivity (Wildman–Crippen MR) is 134 cm³/mol. The molecule has 5 rings (SSSR count). The van der Waals surface area contributed by atoms with E-state index in [0.29, 0.717) is 6.04 Å². The van der Waals surface area contributed by atoms with Crippen LogP contribution in [0.4, 0.5) is 0 Å². The van der Waals surface area contributed by atoms with E-state index in [1.54, 1.807) is 0 Å². The Morgan fingerprint density at radius 3 is 2.50 bits per heavy atom. The molecule has 1 aliphatic carbocycles. The Morgan fingerprint density at radius 1 is 0.969 bits per heavy atom. The van der Waals surface area contributed by atoms with E-state index >= 15 is 0 Å². The van der Waals surface area contributed by atoms with Crippen molar-refractivity contribution < 1.29 is 0 Å². The van der Waals surface area contributed by atoms with E-state index < -0.39 is 0 Å². The van der Waals surface area contributed by atoms with Gasteiger partial charge in [0.25, 0.3) is 0 Å². The molecule has 166 valence electrons. The Morgan fingerprint density at radius 2 is 1.78 bits per heavy atom. The van der Waals surface area contributed by atoms with Crippen LogP contribution in [0.3, 0.4) is 0 Å². The summed E-state index contributed by atoms with van der Waals surface area (Å²) in [5.41, 5.74) is 7.43. The molecule has 2 fully saturated rings. The van der Waals surface area contributed by atoms with E-state index in [0.717, 1.165) is 10.8 Å². The topological polar surface area (TPSA) is 33.1 Å². The molecule has 4 nitrogen and oxygen atoms in total. The highest BCUT2D eigenvalue weighted by molar-refractivity contribution is 7.80. The molecule has 0 spiro atoms. The minimum absolute atomic E-state index is 0.0529. The minimum atomic E-state index is 0.0529. The third-order valence-electron chi connectivity index (χ3n) is 7.15. The van der Waals surface area contributed by atoms with Crippen LogP contribution in [0, 0.1) is 20.8 Å². The van der Waals surface area contributed by atoms with Gasteiger partial charge < -0.3 is 14.8 Å². The number of thiocarbonyl (C=S) groups is 1. The SMILES string of the molecule is Cc1cccc(-n2c(C)cc([C@@H]3[C@H](c4ccccn4)NC(=S)N3C3CCCCC3)c2C)c1. The summed E-state index contributed by atoms with van der Waals surface area (Å²) in [6.07, 6.45) is 8.21. The molecule has 3 aromatic rings. The van der Waals surface area contributed by atoms with Crippen LogP contribution in [0.25, 0.3) is 5.69 Å². The Balaban J connectivity index is 1.63. The molecular formula is C27H32N4S. The van der Waals surface area contributed by atoms with Crippen LogP contribution < -0.4 is 5.32 Å². The van der Waals surface area contributed by atoms with Crippen molar-refractivity contribution in [2.45, 2.75) is 71.0 Å². The first-order valence-corrected chi connectivity index (χ1v) is 12.2. The molecular weight excluding hydrogens is 412 g/mol. The van der Waals surface area contributed by atoms with E-state index in [9.17, 15) is 0 Å². The number of hydrogen-bond acceptors (Lipinski definition) is 2. The average molecular weight is 445 g/mol. The molecule has 3 heterocycles. The van der Waals surface area contributed by atoms with Crippen molar-refractivity contribution in [2.75, 3.05) is 0 Å². The van der Waals surface area contributed by atoms with Crippen LogP contribution in [0.1, 0.15) is 72.4 Å². The number of nitrogens with zero attached hydrogens (tertiary/aromatic N) is 3. The number of aryl methyl sites for hydroxylation is 2. The van der Waals surface area contributed by atoms with Gasteiger partial charge in [-0.15, -0.1) is 0 Å². The van der Waals surface area contributed by atoms with E-state index in [2.05, 4.69) is 78.0 Å². The molecule has 1 aliphatic heterocycles. The van der Waals surface area contributed by atoms with Gasteiger partial charge >= 0.3 is 0 Å². The molecule has 1 saturated carbocycles. The number of rotatable bonds is 4. The molecule has 0 unspecified atom stereocenters. The second-order valence-electron chi connectivity index (χ2n) is 9.33. The van der Waals surface area contributed by atoms with Gasteiger partial charge in [-0.25, -0.2) is 0 Å². The summed E-state index contributed by atoms with van der Waals surface area (Å²) < 4.78 is 2.39. The zero-order valence-corrected chi connectivity index (χ0v) is 20.0. The molecule has 1 N–H and O–H groups in total. The molecule has 1 aromatic carbocycles. The fourth-order valence-electron chi connectivity index (χ4n) is 5.70. The lowest BCUT2D eigenvalue weighted by Crippen LogP contribution is -2.40. The van der Waals surface area contributed by atoms with E-state index in [4.69, 9.17) is 17.2 Å². The lowest BCUT2D eigenvalue weighted by atomic mass is 9.90. The molecule has 0 bridgehead atoms. The third kappa shape index (κ3) is 3.73. The fraction of sp³-hybridized carbons (Fsp3) is 0.407. The first-order chi connectivity index (χ1) is 15.5. The largest absolute Gasteiger partial charge is 0.352 e. The van der Waals surface area contributed by atoms with E-state index in [1.807, 2.05) is 12.3 Å². The van der Waals surface area contributed by atoms with Crippen LogP contribution in [0.5, 0.6) is 0 Å². The minimum Gasteiger partial charge on any atom is -0.352 e. The van der Waals surface area contributed by atoms with Crippen LogP contribution in [0.2, 0.25) is 0 Å². The maximum absolute atomic E-state index is 5.95. The summed E-state index contributed by atoms with van der Waals surface area (Å²) in [6.45, 7) is 6.61. The molecule has 5 heteroatoms. The second kappa shape index (κ2) is 8.70. The van der Waals surface area contributed by atoms with Gasteiger partial charge in [-0.2, -0.15) is 0 Å². The number of nitrogens with one attached hydrogen (secondary N) is 1. The summed E-state index contributed by atoms with van der Waals surface area (Å²) in [5, 5.41) is 4.53. The number of aromatic nitrogens is 2. The molecule has 32 heavy (non-hydrogen) atoms. The lowest BCUT2D eigenvalue weighted by molar-refractivity contribution is 0.197. The fourth-order valence-corrected chi connectivity index (χ4v) is 6.09. The van der Waals surface area contributed by atoms with Gasteiger partial charge in [0.15, 0.2) is 5.11 Å². The number of hydrogen-bond donors (Lipinski definition) is 1. The summed E-state index contributed by atoms with van der Waals surface area (Å²) in [6, 6.07) is 18.0. The van der Waals surface area contributed by atoms with Gasteiger partial charge in [0.1, 0.15) is 0 Å². The highest BCUT2D eigenvalue weighted by atomic mass is 32.1. The second-order valence-corrected chi connectivity index (χ2v) is 9.71. The normalized spacial score (nSPS) is 21.7. The lowest BCUT2D eigenvalue weighted by Gasteiger charge is -2.37. The van der Waals surface area contributed by atoms with Crippen molar-refractivity contribution in [3.8, 4) is 5.69 Å². The smallest absolute Gasteiger partial charge is 0.170 e. The molecule has 2 aliphatic rings. The Bertz CT molecular complexity index is 1110. The summed E-state index contributed by atoms with van der Waals surface area (Å²) in [5.74, 6) is 0. The van der Waals surface area contributed by atoms with Gasteiger partial charge in [0, 0.05) is 29.3 Å². The first-order valence-electron chi connectivity index (χ1n) is 11.8. The molecule has 2 aromatic heterocycles. The quantitative estimate of drug-likeness (QED) is 0.493. The van der Waals surface area contributed by atoms with Gasteiger partial charge in [-0.05, 0) is 87.3 Å². The van der Waals surface area contributed by atoms with Crippen molar-refractivity contribution in [1.82, 2.24) is 19.8 Å². The van der Waals surface area contributed by atoms with E-state index in [1.165, 1.54) is 60.3 Å². The number of benzene rings is 1. The van der Waals surface area contributed by atoms with Crippen molar-refractivity contribution in [3.63, 3.8) is 0 Å². The maximum Gasteiger partial charge on any atom is 0.170 e. The number of pyridine rings is 1. The van der Waals surface area contributed by atoms with Crippen LogP contribution in [0.15, 0.2) is 54.7 Å². The highest BCUT2D eigenvalue weighted by Crippen LogP contribution is 2.44. The summed E-state index contributed by atoms with van der Waals surface area (Å²) >= 11 is 5.95. The standard InChI is InChI=1S/C27H32N4S/c1-18-10-9-13-22(16-18)30-19(2)17-23(20(30)3)26-25(24-14-7-8-15-28-24)29-27(32)31(26)21-11-5-4-6-12-21/h7-10,13-17,21,25-26H,4-6,11-12H2,1-3H3,(H,29,32)/t25-,26+/m0/s1. The Labute approximate surface area is 196 Å². The third-order valence-corrected chi connectivity index (χ3v) is 7.48. The first kappa shape index (κ1) is 21.2. The molecule has 0 amide bonds. The summed E-state index contributed by atoms with van der Waals surface area (Å²) in [7, 11) is 0. The van der Waals surface area contributed by atoms with Crippen molar-refractivity contribution in [3.05, 3.63) is 82.9 Å². The van der Waals surface area contributed by atoms with Crippen molar-refractivity contribution >= 4 is 17.3 Å². The zero-order valence-electron chi connectivity index (χ0n) is 19.2.